The fourth-order valence-corrected chi connectivity index (χ4v) is 2.96. The van der Waals surface area contributed by atoms with E-state index in [-0.39, 0.29) is 23.3 Å². The quantitative estimate of drug-likeness (QED) is 0.699. The Morgan fingerprint density at radius 2 is 1.96 bits per heavy atom. The fourth-order valence-electron chi connectivity index (χ4n) is 2.34. The average Bonchev–Trinajstić information content (AvgIpc) is 3.27. The molecule has 134 valence electrons. The minimum atomic E-state index is -0.334. The standard InChI is InChI=1S/C18H17FN4O2S/c1-23-16(21-18(25)15-3-2-10-26-15)11-14(22-23)17(24)20-9-8-12-4-6-13(19)7-5-12/h2-7,10-11H,8-9H2,1H3,(H,20,24)(H,21,25). The van der Waals surface area contributed by atoms with Gasteiger partial charge in [-0.2, -0.15) is 5.10 Å². The number of halogens is 1. The number of thiophene rings is 1. The molecule has 2 aromatic heterocycles. The summed E-state index contributed by atoms with van der Waals surface area (Å²) in [6.07, 6.45) is 0.584. The number of hydrogen-bond donors (Lipinski definition) is 2. The molecule has 0 aliphatic rings. The largest absolute Gasteiger partial charge is 0.350 e. The number of rotatable bonds is 6. The van der Waals surface area contributed by atoms with Gasteiger partial charge in [0.05, 0.1) is 4.88 Å². The average molecular weight is 372 g/mol. The molecule has 0 radical (unpaired) electrons. The molecule has 3 aromatic rings. The zero-order chi connectivity index (χ0) is 18.5. The van der Waals surface area contributed by atoms with E-state index in [1.165, 1.54) is 34.2 Å². The van der Waals surface area contributed by atoms with Crippen LogP contribution in [0.25, 0.3) is 0 Å². The first-order chi connectivity index (χ1) is 12.5. The second-order valence-electron chi connectivity index (χ2n) is 5.60. The van der Waals surface area contributed by atoms with Gasteiger partial charge in [-0.1, -0.05) is 18.2 Å². The molecule has 0 aliphatic heterocycles. The first kappa shape index (κ1) is 17.8. The van der Waals surface area contributed by atoms with Crippen LogP contribution in [-0.2, 0) is 13.5 Å². The Hall–Kier alpha value is -3.00. The Morgan fingerprint density at radius 3 is 2.65 bits per heavy atom. The Morgan fingerprint density at radius 1 is 1.19 bits per heavy atom. The van der Waals surface area contributed by atoms with Crippen molar-refractivity contribution in [2.75, 3.05) is 11.9 Å². The van der Waals surface area contributed by atoms with Crippen molar-refractivity contribution in [3.8, 4) is 0 Å². The van der Waals surface area contributed by atoms with Crippen molar-refractivity contribution in [2.24, 2.45) is 7.05 Å². The second kappa shape index (κ2) is 7.92. The van der Waals surface area contributed by atoms with Crippen LogP contribution in [0.4, 0.5) is 10.2 Å². The lowest BCUT2D eigenvalue weighted by Crippen LogP contribution is -2.26. The monoisotopic (exact) mass is 372 g/mol. The highest BCUT2D eigenvalue weighted by Crippen LogP contribution is 2.14. The molecule has 0 aliphatic carbocycles. The molecule has 0 fully saturated rings. The molecule has 0 spiro atoms. The molecular weight excluding hydrogens is 355 g/mol. The van der Waals surface area contributed by atoms with E-state index in [9.17, 15) is 14.0 Å². The molecule has 2 heterocycles. The van der Waals surface area contributed by atoms with Gasteiger partial charge in [0.25, 0.3) is 11.8 Å². The summed E-state index contributed by atoms with van der Waals surface area (Å²) in [6.45, 7) is 0.401. The van der Waals surface area contributed by atoms with Crippen LogP contribution in [0.2, 0.25) is 0 Å². The maximum absolute atomic E-state index is 12.9. The SMILES string of the molecule is Cn1nc(C(=O)NCCc2ccc(F)cc2)cc1NC(=O)c1cccs1. The number of benzene rings is 1. The van der Waals surface area contributed by atoms with E-state index in [4.69, 9.17) is 0 Å². The van der Waals surface area contributed by atoms with Crippen LogP contribution >= 0.6 is 11.3 Å². The zero-order valence-corrected chi connectivity index (χ0v) is 14.8. The van der Waals surface area contributed by atoms with Crippen molar-refractivity contribution >= 4 is 29.0 Å². The highest BCUT2D eigenvalue weighted by Gasteiger charge is 2.15. The molecule has 8 heteroatoms. The van der Waals surface area contributed by atoms with Crippen LogP contribution in [0.1, 0.15) is 25.7 Å². The van der Waals surface area contributed by atoms with Crippen molar-refractivity contribution in [2.45, 2.75) is 6.42 Å². The molecule has 0 unspecified atom stereocenters. The predicted molar refractivity (Wildman–Crippen MR) is 97.9 cm³/mol. The van der Waals surface area contributed by atoms with E-state index in [0.29, 0.717) is 23.7 Å². The van der Waals surface area contributed by atoms with Gasteiger partial charge in [-0.15, -0.1) is 11.3 Å². The normalized spacial score (nSPS) is 10.5. The predicted octanol–water partition coefficient (Wildman–Crippen LogP) is 2.85. The highest BCUT2D eigenvalue weighted by molar-refractivity contribution is 7.12. The minimum absolute atomic E-state index is 0.216. The van der Waals surface area contributed by atoms with Crippen molar-refractivity contribution in [3.63, 3.8) is 0 Å². The number of nitrogens with one attached hydrogen (secondary N) is 2. The number of hydrogen-bond acceptors (Lipinski definition) is 4. The highest BCUT2D eigenvalue weighted by atomic mass is 32.1. The van der Waals surface area contributed by atoms with Gasteiger partial charge in [0.15, 0.2) is 5.69 Å². The summed E-state index contributed by atoms with van der Waals surface area (Å²) in [6, 6.07) is 11.2. The van der Waals surface area contributed by atoms with E-state index in [2.05, 4.69) is 15.7 Å². The molecule has 2 amide bonds. The smallest absolute Gasteiger partial charge is 0.271 e. The minimum Gasteiger partial charge on any atom is -0.350 e. The molecule has 0 saturated heterocycles. The zero-order valence-electron chi connectivity index (χ0n) is 14.0. The molecule has 26 heavy (non-hydrogen) atoms. The third-order valence-electron chi connectivity index (χ3n) is 3.71. The third-order valence-corrected chi connectivity index (χ3v) is 4.58. The van der Waals surface area contributed by atoms with E-state index in [0.717, 1.165) is 5.56 Å². The summed E-state index contributed by atoms with van der Waals surface area (Å²) in [5.74, 6) is -0.430. The number of carbonyl (C=O) groups excluding carboxylic acids is 2. The third kappa shape index (κ3) is 4.34. The van der Waals surface area contributed by atoms with Gasteiger partial charge in [0, 0.05) is 19.7 Å². The Kier molecular flexibility index (Phi) is 5.43. The van der Waals surface area contributed by atoms with E-state index < -0.39 is 0 Å². The Bertz CT molecular complexity index is 904. The van der Waals surface area contributed by atoms with Crippen LogP contribution in [-0.4, -0.2) is 28.1 Å². The summed E-state index contributed by atoms with van der Waals surface area (Å²) in [5, 5.41) is 11.4. The molecule has 6 nitrogen and oxygen atoms in total. The number of aromatic nitrogens is 2. The lowest BCUT2D eigenvalue weighted by Gasteiger charge is -2.03. The number of anilines is 1. The van der Waals surface area contributed by atoms with E-state index in [1.54, 1.807) is 31.3 Å². The van der Waals surface area contributed by atoms with Crippen molar-refractivity contribution in [1.82, 2.24) is 15.1 Å². The summed E-state index contributed by atoms with van der Waals surface area (Å²) in [4.78, 5) is 24.9. The summed E-state index contributed by atoms with van der Waals surface area (Å²) >= 11 is 1.33. The van der Waals surface area contributed by atoms with Gasteiger partial charge >= 0.3 is 0 Å². The molecule has 0 atom stereocenters. The molecular formula is C18H17FN4O2S. The van der Waals surface area contributed by atoms with Crippen molar-refractivity contribution in [3.05, 3.63) is 69.8 Å². The van der Waals surface area contributed by atoms with Crippen LogP contribution in [0.3, 0.4) is 0 Å². The number of aryl methyl sites for hydroxylation is 1. The molecule has 1 aromatic carbocycles. The van der Waals surface area contributed by atoms with Crippen LogP contribution < -0.4 is 10.6 Å². The van der Waals surface area contributed by atoms with Gasteiger partial charge in [-0.25, -0.2) is 4.39 Å². The van der Waals surface area contributed by atoms with Crippen molar-refractivity contribution < 1.29 is 14.0 Å². The van der Waals surface area contributed by atoms with Gasteiger partial charge < -0.3 is 10.6 Å². The first-order valence-corrected chi connectivity index (χ1v) is 8.82. The summed E-state index contributed by atoms with van der Waals surface area (Å²) in [5.41, 5.74) is 1.14. The van der Waals surface area contributed by atoms with Crippen molar-refractivity contribution in [1.29, 1.82) is 0 Å². The van der Waals surface area contributed by atoms with Gasteiger partial charge in [-0.3, -0.25) is 14.3 Å². The first-order valence-electron chi connectivity index (χ1n) is 7.94. The number of amides is 2. The second-order valence-corrected chi connectivity index (χ2v) is 6.55. The van der Waals surface area contributed by atoms with Gasteiger partial charge in [-0.05, 0) is 35.6 Å². The van der Waals surface area contributed by atoms with Gasteiger partial charge in [0.2, 0.25) is 0 Å². The summed E-state index contributed by atoms with van der Waals surface area (Å²) in [7, 11) is 1.65. The van der Waals surface area contributed by atoms with E-state index >= 15 is 0 Å². The molecule has 0 saturated carbocycles. The fraction of sp³-hybridized carbons (Fsp3) is 0.167. The van der Waals surface area contributed by atoms with E-state index in [1.807, 2.05) is 5.38 Å². The Balaban J connectivity index is 1.56. The number of carbonyl (C=O) groups is 2. The van der Waals surface area contributed by atoms with Crippen LogP contribution in [0, 0.1) is 5.82 Å². The molecule has 2 N–H and O–H groups in total. The summed E-state index contributed by atoms with van der Waals surface area (Å²) < 4.78 is 14.3. The lowest BCUT2D eigenvalue weighted by atomic mass is 10.1. The van der Waals surface area contributed by atoms with Crippen LogP contribution in [0.15, 0.2) is 47.8 Å². The van der Waals surface area contributed by atoms with Gasteiger partial charge in [0.1, 0.15) is 11.6 Å². The topological polar surface area (TPSA) is 76.0 Å². The lowest BCUT2D eigenvalue weighted by molar-refractivity contribution is 0.0947. The Labute approximate surface area is 153 Å². The maximum atomic E-state index is 12.9. The molecule has 3 rings (SSSR count). The number of nitrogens with zero attached hydrogens (tertiary/aromatic N) is 2. The maximum Gasteiger partial charge on any atom is 0.271 e. The van der Waals surface area contributed by atoms with Crippen LogP contribution in [0.5, 0.6) is 0 Å². The molecule has 0 bridgehead atoms.